The van der Waals surface area contributed by atoms with Crippen LogP contribution >= 0.6 is 0 Å². The standard InChI is InChI=1S/C20H13NO5S/c1-3-25-27(23,24)19(21-2)13-17-11-16-10-14-8-6-4-5-7-9-15(14)12-18(16)26-20(17)22/h4-6,8,10-13H,3H2,1H3/b5-4-,6-4?,8-6-,14-8?,19-13-. The van der Waals surface area contributed by atoms with Crippen molar-refractivity contribution in [3.63, 3.8) is 0 Å². The van der Waals surface area contributed by atoms with Crippen LogP contribution in [0.4, 0.5) is 0 Å². The summed E-state index contributed by atoms with van der Waals surface area (Å²) in [6.45, 7) is 8.45. The van der Waals surface area contributed by atoms with Crippen molar-refractivity contribution in [2.45, 2.75) is 6.92 Å². The summed E-state index contributed by atoms with van der Waals surface area (Å²) in [5, 5.41) is -0.105. The van der Waals surface area contributed by atoms with Gasteiger partial charge >= 0.3 is 20.8 Å². The minimum atomic E-state index is -4.22. The van der Waals surface area contributed by atoms with Gasteiger partial charge in [-0.1, -0.05) is 30.1 Å². The van der Waals surface area contributed by atoms with Gasteiger partial charge in [-0.25, -0.2) is 18.1 Å². The van der Waals surface area contributed by atoms with Crippen molar-refractivity contribution >= 4 is 33.2 Å². The van der Waals surface area contributed by atoms with Crippen LogP contribution in [0, 0.1) is 18.4 Å². The zero-order valence-corrected chi connectivity index (χ0v) is 15.0. The van der Waals surface area contributed by atoms with Crippen molar-refractivity contribution < 1.29 is 17.0 Å². The van der Waals surface area contributed by atoms with E-state index in [-0.39, 0.29) is 12.2 Å². The molecular weight excluding hydrogens is 366 g/mol. The first-order chi connectivity index (χ1) is 12.9. The van der Waals surface area contributed by atoms with Crippen LogP contribution in [-0.4, -0.2) is 15.0 Å². The molecule has 0 radical (unpaired) electrons. The summed E-state index contributed by atoms with van der Waals surface area (Å²) >= 11 is 0. The monoisotopic (exact) mass is 379 g/mol. The normalized spacial score (nSPS) is 15.6. The first-order valence-electron chi connectivity index (χ1n) is 7.90. The van der Waals surface area contributed by atoms with E-state index in [1.807, 2.05) is 12.2 Å². The van der Waals surface area contributed by atoms with Crippen molar-refractivity contribution in [3.05, 3.63) is 80.0 Å². The average molecular weight is 379 g/mol. The Bertz CT molecular complexity index is 1280. The summed E-state index contributed by atoms with van der Waals surface area (Å²) in [5.74, 6) is 5.84. The van der Waals surface area contributed by atoms with Crippen LogP contribution in [0.3, 0.4) is 0 Å². The third-order valence-corrected chi connectivity index (χ3v) is 4.89. The van der Waals surface area contributed by atoms with Crippen LogP contribution in [0.15, 0.2) is 50.7 Å². The van der Waals surface area contributed by atoms with Crippen molar-refractivity contribution in [2.24, 2.45) is 0 Å². The van der Waals surface area contributed by atoms with E-state index in [9.17, 15) is 13.2 Å². The van der Waals surface area contributed by atoms with Gasteiger partial charge in [0.1, 0.15) is 5.58 Å². The molecule has 134 valence electrons. The average Bonchev–Trinajstić information content (AvgIpc) is 2.60. The molecule has 0 aliphatic heterocycles. The highest BCUT2D eigenvalue weighted by Crippen LogP contribution is 2.23. The maximum atomic E-state index is 12.2. The van der Waals surface area contributed by atoms with Gasteiger partial charge in [0, 0.05) is 10.9 Å². The van der Waals surface area contributed by atoms with E-state index < -0.39 is 20.8 Å². The summed E-state index contributed by atoms with van der Waals surface area (Å²) in [6, 6.07) is 4.91. The number of allylic oxidation sites excluding steroid dienone is 3. The molecule has 0 fully saturated rings. The van der Waals surface area contributed by atoms with Gasteiger partial charge in [-0.15, -0.1) is 0 Å². The van der Waals surface area contributed by atoms with Crippen LogP contribution in [-0.2, 0) is 14.3 Å². The van der Waals surface area contributed by atoms with E-state index in [1.165, 1.54) is 13.0 Å². The van der Waals surface area contributed by atoms with Crippen molar-refractivity contribution in [1.29, 1.82) is 0 Å². The van der Waals surface area contributed by atoms with E-state index in [1.54, 1.807) is 24.3 Å². The molecule has 0 N–H and O–H groups in total. The highest BCUT2D eigenvalue weighted by atomic mass is 32.2. The molecule has 0 bridgehead atoms. The number of hydrogen-bond acceptors (Lipinski definition) is 5. The number of rotatable bonds is 4. The van der Waals surface area contributed by atoms with Crippen molar-refractivity contribution in [1.82, 2.24) is 0 Å². The summed E-state index contributed by atoms with van der Waals surface area (Å²) < 4.78 is 33.8. The maximum absolute atomic E-state index is 12.2. The zero-order valence-electron chi connectivity index (χ0n) is 14.2. The molecule has 6 nitrogen and oxygen atoms in total. The molecule has 1 aliphatic rings. The van der Waals surface area contributed by atoms with E-state index in [2.05, 4.69) is 20.9 Å². The van der Waals surface area contributed by atoms with Crippen LogP contribution in [0.5, 0.6) is 0 Å². The Labute approximate surface area is 156 Å². The molecular formula is C20H13NO5S. The SMILES string of the molecule is [C-]#[N+]/C(=C/c1cc2cc3c(cc2oc1=O)C#C/C=C\C=C/3)S(=O)(=O)OCC. The molecule has 7 heteroatoms. The Kier molecular flexibility index (Phi) is 5.09. The second kappa shape index (κ2) is 7.46. The minimum Gasteiger partial charge on any atom is -0.422 e. The molecule has 0 spiro atoms. The van der Waals surface area contributed by atoms with Gasteiger partial charge in [-0.05, 0) is 42.8 Å². The van der Waals surface area contributed by atoms with Crippen LogP contribution in [0.25, 0.3) is 28.0 Å². The molecule has 0 saturated heterocycles. The predicted octanol–water partition coefficient (Wildman–Crippen LogP) is 3.31. The Hall–Kier alpha value is -3.39. The van der Waals surface area contributed by atoms with Crippen LogP contribution in [0.1, 0.15) is 23.6 Å². The molecule has 3 rings (SSSR count). The van der Waals surface area contributed by atoms with Crippen LogP contribution < -0.4 is 5.63 Å². The lowest BCUT2D eigenvalue weighted by atomic mass is 10.0. The van der Waals surface area contributed by atoms with E-state index in [0.29, 0.717) is 16.5 Å². The lowest BCUT2D eigenvalue weighted by Gasteiger charge is -2.05. The van der Waals surface area contributed by atoms with Crippen LogP contribution in [0.2, 0.25) is 0 Å². The highest BCUT2D eigenvalue weighted by molar-refractivity contribution is 7.91. The number of nitrogens with zero attached hydrogens (tertiary/aromatic N) is 1. The molecule has 0 atom stereocenters. The molecule has 0 amide bonds. The Morgan fingerprint density at radius 1 is 1.33 bits per heavy atom. The first-order valence-corrected chi connectivity index (χ1v) is 9.30. The van der Waals surface area contributed by atoms with Gasteiger partial charge in [-0.3, -0.25) is 4.18 Å². The number of fused-ring (bicyclic) bond motifs is 2. The van der Waals surface area contributed by atoms with Gasteiger partial charge < -0.3 is 4.42 Å². The van der Waals surface area contributed by atoms with Gasteiger partial charge in [0.25, 0.3) is 0 Å². The number of benzene rings is 1. The quantitative estimate of drug-likeness (QED) is 0.352. The molecule has 1 aliphatic carbocycles. The Morgan fingerprint density at radius 2 is 2.15 bits per heavy atom. The third kappa shape index (κ3) is 3.90. The predicted molar refractivity (Wildman–Crippen MR) is 103 cm³/mol. The molecule has 1 aromatic carbocycles. The highest BCUT2D eigenvalue weighted by Gasteiger charge is 2.20. The largest absolute Gasteiger partial charge is 0.422 e. The smallest absolute Gasteiger partial charge is 0.342 e. The first kappa shape index (κ1) is 18.4. The van der Waals surface area contributed by atoms with Gasteiger partial charge in [-0.2, -0.15) is 0 Å². The molecule has 0 unspecified atom stereocenters. The Balaban J connectivity index is 2.19. The Morgan fingerprint density at radius 3 is 2.89 bits per heavy atom. The zero-order chi connectivity index (χ0) is 19.4. The molecule has 27 heavy (non-hydrogen) atoms. The van der Waals surface area contributed by atoms with Crippen molar-refractivity contribution in [2.75, 3.05) is 6.61 Å². The second-order valence-electron chi connectivity index (χ2n) is 5.41. The van der Waals surface area contributed by atoms with Gasteiger partial charge in [0.15, 0.2) is 0 Å². The molecule has 1 heterocycles. The van der Waals surface area contributed by atoms with Gasteiger partial charge in [0.05, 0.1) is 18.7 Å². The summed E-state index contributed by atoms with van der Waals surface area (Å²) in [7, 11) is -4.22. The topological polar surface area (TPSA) is 77.9 Å². The van der Waals surface area contributed by atoms with Gasteiger partial charge in [0.2, 0.25) is 0 Å². The van der Waals surface area contributed by atoms with E-state index in [4.69, 9.17) is 11.0 Å². The molecule has 0 saturated carbocycles. The minimum absolute atomic E-state index is 0.0578. The maximum Gasteiger partial charge on any atom is 0.342 e. The lowest BCUT2D eigenvalue weighted by Crippen LogP contribution is -2.08. The molecule has 2 aromatic rings. The number of hydrogen-bond donors (Lipinski definition) is 0. The lowest BCUT2D eigenvalue weighted by molar-refractivity contribution is 0.343. The summed E-state index contributed by atoms with van der Waals surface area (Å²) in [4.78, 5) is 15.2. The molecule has 1 aromatic heterocycles. The summed E-state index contributed by atoms with van der Waals surface area (Å²) in [6.07, 6.45) is 8.17. The summed E-state index contributed by atoms with van der Waals surface area (Å²) in [5.41, 5.74) is 1.04. The fourth-order valence-electron chi connectivity index (χ4n) is 2.44. The fourth-order valence-corrected chi connectivity index (χ4v) is 3.25. The fraction of sp³-hybridized carbons (Fsp3) is 0.100. The second-order valence-corrected chi connectivity index (χ2v) is 6.97. The van der Waals surface area contributed by atoms with E-state index >= 15 is 0 Å². The van der Waals surface area contributed by atoms with E-state index in [0.717, 1.165) is 11.6 Å². The van der Waals surface area contributed by atoms with Crippen molar-refractivity contribution in [3.8, 4) is 11.8 Å². The third-order valence-electron chi connectivity index (χ3n) is 3.62.